The maximum Gasteiger partial charge on any atom is 0.251 e. The third-order valence-corrected chi connectivity index (χ3v) is 6.21. The molecule has 35 heavy (non-hydrogen) atoms. The number of anilines is 1. The van der Waals surface area contributed by atoms with Crippen LogP contribution in [0.4, 0.5) is 14.6 Å². The number of halogens is 2. The van der Waals surface area contributed by atoms with Crippen LogP contribution in [-0.2, 0) is 4.79 Å². The zero-order valence-corrected chi connectivity index (χ0v) is 19.7. The Labute approximate surface area is 201 Å². The molecule has 1 saturated heterocycles. The Hall–Kier alpha value is -4.01. The van der Waals surface area contributed by atoms with Gasteiger partial charge in [-0.3, -0.25) is 14.5 Å². The number of aryl methyl sites for hydroxylation is 1. The predicted molar refractivity (Wildman–Crippen MR) is 126 cm³/mol. The fourth-order valence-corrected chi connectivity index (χ4v) is 4.45. The van der Waals surface area contributed by atoms with Crippen molar-refractivity contribution < 1.29 is 27.8 Å². The Kier molecular flexibility index (Phi) is 6.68. The van der Waals surface area contributed by atoms with Crippen molar-refractivity contribution in [2.24, 2.45) is 0 Å². The summed E-state index contributed by atoms with van der Waals surface area (Å²) < 4.78 is 40.7. The van der Waals surface area contributed by atoms with Crippen LogP contribution >= 0.6 is 0 Å². The van der Waals surface area contributed by atoms with E-state index in [1.165, 1.54) is 25.3 Å². The summed E-state index contributed by atoms with van der Waals surface area (Å²) in [6.07, 6.45) is 1.49. The SMILES string of the molecule is COc1cc(F)c([C@H]2[C@H](NC(=O)c3ccc(C)cc3)C(=O)N(c3ncccc3OC)[C@H]2C)c(F)c1. The fraction of sp³-hybridized carbons (Fsp3) is 0.269. The van der Waals surface area contributed by atoms with Crippen molar-refractivity contribution in [1.82, 2.24) is 10.3 Å². The first-order valence-electron chi connectivity index (χ1n) is 11.0. The number of ether oxygens (including phenoxy) is 2. The van der Waals surface area contributed by atoms with Gasteiger partial charge in [0, 0.05) is 41.4 Å². The molecule has 0 saturated carbocycles. The van der Waals surface area contributed by atoms with Crippen molar-refractivity contribution in [2.45, 2.75) is 31.8 Å². The smallest absolute Gasteiger partial charge is 0.251 e. The molecule has 1 fully saturated rings. The summed E-state index contributed by atoms with van der Waals surface area (Å²) in [6, 6.07) is 10.1. The minimum atomic E-state index is -1.26. The van der Waals surface area contributed by atoms with Crippen molar-refractivity contribution >= 4 is 17.6 Å². The van der Waals surface area contributed by atoms with E-state index in [2.05, 4.69) is 10.3 Å². The molecule has 1 N–H and O–H groups in total. The lowest BCUT2D eigenvalue weighted by atomic mass is 9.87. The first-order valence-corrected chi connectivity index (χ1v) is 11.0. The lowest BCUT2D eigenvalue weighted by Crippen LogP contribution is -2.44. The second-order valence-electron chi connectivity index (χ2n) is 8.33. The highest BCUT2D eigenvalue weighted by Crippen LogP contribution is 2.42. The lowest BCUT2D eigenvalue weighted by molar-refractivity contribution is -0.118. The second-order valence-corrected chi connectivity index (χ2v) is 8.33. The first kappa shape index (κ1) is 24.1. The third-order valence-electron chi connectivity index (χ3n) is 6.21. The number of nitrogens with zero attached hydrogens (tertiary/aromatic N) is 2. The molecule has 182 valence electrons. The molecule has 2 aromatic carbocycles. The van der Waals surface area contributed by atoms with Gasteiger partial charge in [-0.1, -0.05) is 17.7 Å². The van der Waals surface area contributed by atoms with Crippen molar-refractivity contribution in [3.8, 4) is 11.5 Å². The Morgan fingerprint density at radius 3 is 2.31 bits per heavy atom. The molecule has 0 radical (unpaired) electrons. The number of methoxy groups -OCH3 is 2. The standard InChI is InChI=1S/C26H25F2N3O4/c1-14-7-9-16(10-8-14)25(32)30-23-21(22-18(27)12-17(34-3)13-19(22)28)15(2)31(26(23)33)24-20(35-4)6-5-11-29-24/h5-13,15,21,23H,1-4H3,(H,30,32)/t15-,21-,23-/m0/s1. The van der Waals surface area contributed by atoms with Crippen LogP contribution in [0.1, 0.15) is 34.3 Å². The van der Waals surface area contributed by atoms with Crippen LogP contribution < -0.4 is 19.7 Å². The van der Waals surface area contributed by atoms with E-state index in [0.29, 0.717) is 11.3 Å². The molecule has 0 spiro atoms. The zero-order valence-electron chi connectivity index (χ0n) is 19.7. The number of amides is 2. The summed E-state index contributed by atoms with van der Waals surface area (Å²) in [6.45, 7) is 3.53. The van der Waals surface area contributed by atoms with E-state index in [0.717, 1.165) is 17.7 Å². The van der Waals surface area contributed by atoms with Crippen LogP contribution in [0.2, 0.25) is 0 Å². The number of nitrogens with one attached hydrogen (secondary N) is 1. The maximum absolute atomic E-state index is 15.2. The third kappa shape index (κ3) is 4.41. The van der Waals surface area contributed by atoms with Gasteiger partial charge in [0.25, 0.3) is 11.8 Å². The summed E-state index contributed by atoms with van der Waals surface area (Å²) in [7, 11) is 2.73. The quantitative estimate of drug-likeness (QED) is 0.576. The van der Waals surface area contributed by atoms with Crippen LogP contribution in [0.25, 0.3) is 0 Å². The van der Waals surface area contributed by atoms with Gasteiger partial charge in [-0.15, -0.1) is 0 Å². The summed E-state index contributed by atoms with van der Waals surface area (Å²) in [5, 5.41) is 2.70. The van der Waals surface area contributed by atoms with Gasteiger partial charge in [-0.05, 0) is 38.1 Å². The van der Waals surface area contributed by atoms with Gasteiger partial charge in [0.2, 0.25) is 0 Å². The van der Waals surface area contributed by atoms with E-state index in [1.54, 1.807) is 43.3 Å². The van der Waals surface area contributed by atoms with Gasteiger partial charge < -0.3 is 14.8 Å². The number of aromatic nitrogens is 1. The summed E-state index contributed by atoms with van der Waals surface area (Å²) >= 11 is 0. The zero-order chi connectivity index (χ0) is 25.3. The summed E-state index contributed by atoms with van der Waals surface area (Å²) in [5.74, 6) is -3.41. The molecule has 4 rings (SSSR count). The molecule has 2 amide bonds. The second kappa shape index (κ2) is 9.69. The number of hydrogen-bond donors (Lipinski definition) is 1. The van der Waals surface area contributed by atoms with Gasteiger partial charge in [0.15, 0.2) is 11.6 Å². The molecule has 2 heterocycles. The average Bonchev–Trinajstić information content (AvgIpc) is 3.08. The molecule has 0 unspecified atom stereocenters. The lowest BCUT2D eigenvalue weighted by Gasteiger charge is -2.26. The van der Waals surface area contributed by atoms with Crippen molar-refractivity contribution in [2.75, 3.05) is 19.1 Å². The van der Waals surface area contributed by atoms with Gasteiger partial charge >= 0.3 is 0 Å². The summed E-state index contributed by atoms with van der Waals surface area (Å²) in [4.78, 5) is 32.3. The highest BCUT2D eigenvalue weighted by atomic mass is 19.1. The average molecular weight is 481 g/mol. The van der Waals surface area contributed by atoms with E-state index in [1.807, 2.05) is 6.92 Å². The first-order chi connectivity index (χ1) is 16.8. The topological polar surface area (TPSA) is 80.8 Å². The molecular formula is C26H25F2N3O4. The van der Waals surface area contributed by atoms with E-state index in [-0.39, 0.29) is 17.1 Å². The van der Waals surface area contributed by atoms with Crippen molar-refractivity contribution in [1.29, 1.82) is 0 Å². The van der Waals surface area contributed by atoms with E-state index >= 15 is 8.78 Å². The highest BCUT2D eigenvalue weighted by molar-refractivity contribution is 6.05. The molecule has 0 aliphatic carbocycles. The van der Waals surface area contributed by atoms with Crippen molar-refractivity contribution in [3.05, 3.63) is 83.1 Å². The Morgan fingerprint density at radius 2 is 1.71 bits per heavy atom. The maximum atomic E-state index is 15.2. The number of rotatable bonds is 6. The molecule has 3 atom stereocenters. The molecule has 3 aromatic rings. The molecule has 1 aliphatic heterocycles. The monoisotopic (exact) mass is 481 g/mol. The van der Waals surface area contributed by atoms with Crippen LogP contribution in [0, 0.1) is 18.6 Å². The molecule has 9 heteroatoms. The molecule has 1 aliphatic rings. The Balaban J connectivity index is 1.81. The van der Waals surface area contributed by atoms with E-state index in [9.17, 15) is 9.59 Å². The highest BCUT2D eigenvalue weighted by Gasteiger charge is 2.51. The van der Waals surface area contributed by atoms with Gasteiger partial charge in [-0.25, -0.2) is 13.8 Å². The molecular weight excluding hydrogens is 456 g/mol. The van der Waals surface area contributed by atoms with Crippen LogP contribution in [-0.4, -0.2) is 43.1 Å². The van der Waals surface area contributed by atoms with Gasteiger partial charge in [0.1, 0.15) is 23.4 Å². The molecule has 7 nitrogen and oxygen atoms in total. The van der Waals surface area contributed by atoms with E-state index < -0.39 is 41.5 Å². The van der Waals surface area contributed by atoms with E-state index in [4.69, 9.17) is 9.47 Å². The largest absolute Gasteiger partial charge is 0.497 e. The normalized spacial score (nSPS) is 19.5. The minimum Gasteiger partial charge on any atom is -0.497 e. The number of carbonyl (C=O) groups is 2. The minimum absolute atomic E-state index is 0.00391. The number of carbonyl (C=O) groups excluding carboxylic acids is 2. The predicted octanol–water partition coefficient (Wildman–Crippen LogP) is 4.00. The van der Waals surface area contributed by atoms with Crippen molar-refractivity contribution in [3.63, 3.8) is 0 Å². The number of benzene rings is 2. The molecule has 0 bridgehead atoms. The summed E-state index contributed by atoms with van der Waals surface area (Å²) in [5.41, 5.74) is 0.957. The number of pyridine rings is 1. The Bertz CT molecular complexity index is 1240. The van der Waals surface area contributed by atoms with Crippen LogP contribution in [0.3, 0.4) is 0 Å². The number of hydrogen-bond acceptors (Lipinski definition) is 5. The van der Waals surface area contributed by atoms with Crippen LogP contribution in [0.15, 0.2) is 54.7 Å². The Morgan fingerprint density at radius 1 is 1.06 bits per heavy atom. The molecule has 1 aromatic heterocycles. The van der Waals surface area contributed by atoms with Gasteiger partial charge in [0.05, 0.1) is 14.2 Å². The fourth-order valence-electron chi connectivity index (χ4n) is 4.45. The van der Waals surface area contributed by atoms with Gasteiger partial charge in [-0.2, -0.15) is 0 Å². The van der Waals surface area contributed by atoms with Crippen LogP contribution in [0.5, 0.6) is 11.5 Å².